The minimum atomic E-state index is -0.669. The topological polar surface area (TPSA) is 65.8 Å². The molecule has 3 rings (SSSR count). The molecule has 1 atom stereocenters. The zero-order valence-corrected chi connectivity index (χ0v) is 14.7. The number of nitrogens with one attached hydrogen (secondary N) is 1. The molecule has 1 aliphatic carbocycles. The van der Waals surface area contributed by atoms with Crippen LogP contribution in [0.5, 0.6) is 0 Å². The van der Waals surface area contributed by atoms with Crippen molar-refractivity contribution >= 4 is 39.2 Å². The van der Waals surface area contributed by atoms with Crippen LogP contribution in [0.3, 0.4) is 0 Å². The van der Waals surface area contributed by atoms with Crippen molar-refractivity contribution in [2.75, 3.05) is 0 Å². The number of amides is 1. The van der Waals surface area contributed by atoms with Gasteiger partial charge in [-0.15, -0.1) is 11.3 Å². The zero-order valence-electron chi connectivity index (χ0n) is 13.0. The van der Waals surface area contributed by atoms with Gasteiger partial charge in [0.15, 0.2) is 4.34 Å². The van der Waals surface area contributed by atoms with E-state index in [2.05, 4.69) is 16.4 Å². The summed E-state index contributed by atoms with van der Waals surface area (Å²) in [5, 5.41) is 12.2. The van der Waals surface area contributed by atoms with Crippen molar-refractivity contribution in [3.63, 3.8) is 0 Å². The standard InChI is InChI=1S/C17H19N3OS2/c1-12(15(21)20-17(11-18)9-5-2-6-10-17)22-16-19-13-7-3-4-8-14(13)23-16/h3-4,7-8,12H,2,5-6,9-10H2,1H3,(H,20,21)/t12-/m0/s1. The van der Waals surface area contributed by atoms with Gasteiger partial charge in [0.05, 0.1) is 21.5 Å². The number of rotatable bonds is 4. The van der Waals surface area contributed by atoms with Crippen molar-refractivity contribution in [1.29, 1.82) is 5.26 Å². The number of para-hydroxylation sites is 1. The van der Waals surface area contributed by atoms with E-state index in [-0.39, 0.29) is 11.2 Å². The lowest BCUT2D eigenvalue weighted by atomic mass is 9.83. The summed E-state index contributed by atoms with van der Waals surface area (Å²) in [6.45, 7) is 1.87. The van der Waals surface area contributed by atoms with E-state index in [1.165, 1.54) is 11.8 Å². The predicted molar refractivity (Wildman–Crippen MR) is 94.5 cm³/mol. The average Bonchev–Trinajstić information content (AvgIpc) is 2.97. The second kappa shape index (κ2) is 6.90. The molecule has 2 aromatic rings. The van der Waals surface area contributed by atoms with E-state index < -0.39 is 5.54 Å². The number of carbonyl (C=O) groups excluding carboxylic acids is 1. The van der Waals surface area contributed by atoms with E-state index >= 15 is 0 Å². The summed E-state index contributed by atoms with van der Waals surface area (Å²) in [5.41, 5.74) is 0.297. The van der Waals surface area contributed by atoms with Crippen LogP contribution in [-0.2, 0) is 4.79 Å². The third-order valence-electron chi connectivity index (χ3n) is 4.20. The predicted octanol–water partition coefficient (Wildman–Crippen LogP) is 4.12. The van der Waals surface area contributed by atoms with Crippen LogP contribution in [0.4, 0.5) is 0 Å². The first kappa shape index (κ1) is 16.3. The molecular weight excluding hydrogens is 326 g/mol. The second-order valence-corrected chi connectivity index (χ2v) is 8.57. The molecule has 23 heavy (non-hydrogen) atoms. The van der Waals surface area contributed by atoms with Gasteiger partial charge in [-0.25, -0.2) is 4.98 Å². The van der Waals surface area contributed by atoms with E-state index in [1.807, 2.05) is 31.2 Å². The highest BCUT2D eigenvalue weighted by Gasteiger charge is 2.35. The second-order valence-electron chi connectivity index (χ2n) is 5.95. The van der Waals surface area contributed by atoms with Crippen LogP contribution in [0.1, 0.15) is 39.0 Å². The number of nitriles is 1. The third-order valence-corrected chi connectivity index (χ3v) is 6.43. The largest absolute Gasteiger partial charge is 0.337 e. The Morgan fingerprint density at radius 1 is 1.39 bits per heavy atom. The number of thioether (sulfide) groups is 1. The molecule has 120 valence electrons. The fourth-order valence-corrected chi connectivity index (χ4v) is 5.08. The van der Waals surface area contributed by atoms with Crippen molar-refractivity contribution in [2.45, 2.75) is 54.2 Å². The first-order chi connectivity index (χ1) is 11.1. The molecule has 1 aromatic carbocycles. The number of benzene rings is 1. The molecule has 0 spiro atoms. The SMILES string of the molecule is C[C@H](Sc1nc2ccccc2s1)C(=O)NC1(C#N)CCCCC1. The first-order valence-corrected chi connectivity index (χ1v) is 9.57. The highest BCUT2D eigenvalue weighted by molar-refractivity contribution is 8.02. The van der Waals surface area contributed by atoms with Crippen molar-refractivity contribution in [1.82, 2.24) is 10.3 Å². The number of carbonyl (C=O) groups is 1. The van der Waals surface area contributed by atoms with Crippen molar-refractivity contribution in [2.24, 2.45) is 0 Å². The molecule has 1 N–H and O–H groups in total. The van der Waals surface area contributed by atoms with Gasteiger partial charge in [0, 0.05) is 0 Å². The Kier molecular flexibility index (Phi) is 4.88. The smallest absolute Gasteiger partial charge is 0.234 e. The van der Waals surface area contributed by atoms with Crippen LogP contribution in [-0.4, -0.2) is 21.7 Å². The first-order valence-electron chi connectivity index (χ1n) is 7.87. The van der Waals surface area contributed by atoms with E-state index in [0.717, 1.165) is 46.7 Å². The van der Waals surface area contributed by atoms with E-state index in [1.54, 1.807) is 11.3 Å². The number of nitrogens with zero attached hydrogens (tertiary/aromatic N) is 2. The van der Waals surface area contributed by atoms with Crippen LogP contribution in [0.2, 0.25) is 0 Å². The summed E-state index contributed by atoms with van der Waals surface area (Å²) in [4.78, 5) is 17.0. The normalized spacial score (nSPS) is 18.3. The van der Waals surface area contributed by atoms with Crippen molar-refractivity contribution in [3.05, 3.63) is 24.3 Å². The Morgan fingerprint density at radius 3 is 2.83 bits per heavy atom. The lowest BCUT2D eigenvalue weighted by Gasteiger charge is -2.32. The number of thiazole rings is 1. The average molecular weight is 345 g/mol. The minimum Gasteiger partial charge on any atom is -0.337 e. The molecular formula is C17H19N3OS2. The fraction of sp³-hybridized carbons (Fsp3) is 0.471. The van der Waals surface area contributed by atoms with Crippen LogP contribution >= 0.6 is 23.1 Å². The molecule has 1 heterocycles. The Bertz CT molecular complexity index is 711. The molecule has 0 unspecified atom stereocenters. The van der Waals surface area contributed by atoms with Gasteiger partial charge >= 0.3 is 0 Å². The van der Waals surface area contributed by atoms with Crippen molar-refractivity contribution < 1.29 is 4.79 Å². The number of fused-ring (bicyclic) bond motifs is 1. The summed E-state index contributed by atoms with van der Waals surface area (Å²) in [5.74, 6) is -0.0716. The highest BCUT2D eigenvalue weighted by atomic mass is 32.2. The molecule has 6 heteroatoms. The molecule has 0 saturated heterocycles. The van der Waals surface area contributed by atoms with E-state index in [9.17, 15) is 10.1 Å². The van der Waals surface area contributed by atoms with Crippen LogP contribution in [0.25, 0.3) is 10.2 Å². The Morgan fingerprint density at radius 2 is 2.13 bits per heavy atom. The van der Waals surface area contributed by atoms with Gasteiger partial charge in [-0.3, -0.25) is 4.79 Å². The molecule has 4 nitrogen and oxygen atoms in total. The van der Waals surface area contributed by atoms with Gasteiger partial charge in [0.1, 0.15) is 5.54 Å². The summed E-state index contributed by atoms with van der Waals surface area (Å²) in [6, 6.07) is 10.3. The van der Waals surface area contributed by atoms with Gasteiger partial charge in [-0.2, -0.15) is 5.26 Å². The summed E-state index contributed by atoms with van der Waals surface area (Å²) in [6.07, 6.45) is 4.68. The number of aromatic nitrogens is 1. The maximum Gasteiger partial charge on any atom is 0.234 e. The van der Waals surface area contributed by atoms with Gasteiger partial charge in [0.2, 0.25) is 5.91 Å². The maximum absolute atomic E-state index is 12.5. The van der Waals surface area contributed by atoms with Gasteiger partial charge in [-0.1, -0.05) is 43.2 Å². The lowest BCUT2D eigenvalue weighted by Crippen LogP contribution is -2.50. The Balaban J connectivity index is 1.66. The molecule has 0 radical (unpaired) electrons. The molecule has 1 aliphatic rings. The molecule has 1 saturated carbocycles. The Labute approximate surface area is 144 Å². The summed E-state index contributed by atoms with van der Waals surface area (Å²) in [7, 11) is 0. The van der Waals surface area contributed by atoms with Crippen LogP contribution in [0.15, 0.2) is 28.6 Å². The molecule has 1 aromatic heterocycles. The number of hydrogen-bond donors (Lipinski definition) is 1. The molecule has 0 bridgehead atoms. The van der Waals surface area contributed by atoms with Gasteiger partial charge in [0.25, 0.3) is 0 Å². The van der Waals surface area contributed by atoms with Gasteiger partial charge in [-0.05, 0) is 31.9 Å². The lowest BCUT2D eigenvalue weighted by molar-refractivity contribution is -0.121. The third kappa shape index (κ3) is 3.67. The minimum absolute atomic E-state index is 0.0716. The van der Waals surface area contributed by atoms with Crippen molar-refractivity contribution in [3.8, 4) is 6.07 Å². The molecule has 1 fully saturated rings. The number of hydrogen-bond acceptors (Lipinski definition) is 5. The quantitative estimate of drug-likeness (QED) is 0.847. The zero-order chi connectivity index (χ0) is 16.3. The van der Waals surface area contributed by atoms with Crippen LogP contribution in [0, 0.1) is 11.3 Å². The monoisotopic (exact) mass is 345 g/mol. The van der Waals surface area contributed by atoms with E-state index in [0.29, 0.717) is 0 Å². The van der Waals surface area contributed by atoms with Gasteiger partial charge < -0.3 is 5.32 Å². The van der Waals surface area contributed by atoms with E-state index in [4.69, 9.17) is 0 Å². The fourth-order valence-electron chi connectivity index (χ4n) is 2.86. The summed E-state index contributed by atoms with van der Waals surface area (Å²) >= 11 is 3.06. The highest BCUT2D eigenvalue weighted by Crippen LogP contribution is 2.33. The maximum atomic E-state index is 12.5. The molecule has 0 aliphatic heterocycles. The van der Waals surface area contributed by atoms with Crippen LogP contribution < -0.4 is 5.32 Å². The molecule has 1 amide bonds. The Hall–Kier alpha value is -1.58. The summed E-state index contributed by atoms with van der Waals surface area (Å²) < 4.78 is 2.02.